The maximum atomic E-state index is 6.10. The molecule has 0 radical (unpaired) electrons. The predicted molar refractivity (Wildman–Crippen MR) is 58.3 cm³/mol. The van der Waals surface area contributed by atoms with Crippen molar-refractivity contribution in [3.05, 3.63) is 39.8 Å². The molecule has 0 fully saturated rings. The van der Waals surface area contributed by atoms with Gasteiger partial charge in [-0.2, -0.15) is 5.10 Å². The third-order valence-electron chi connectivity index (χ3n) is 2.15. The molecule has 4 heteroatoms. The SMILES string of the molecule is Cc1ccc(C(N)c2cnn(C)c2)s1. The molecule has 2 rings (SSSR count). The third kappa shape index (κ3) is 1.71. The Hall–Kier alpha value is -1.13. The van der Waals surface area contributed by atoms with Gasteiger partial charge in [0.25, 0.3) is 0 Å². The molecule has 0 spiro atoms. The smallest absolute Gasteiger partial charge is 0.0677 e. The monoisotopic (exact) mass is 207 g/mol. The molecule has 0 aliphatic rings. The van der Waals surface area contributed by atoms with Gasteiger partial charge in [-0.15, -0.1) is 11.3 Å². The summed E-state index contributed by atoms with van der Waals surface area (Å²) >= 11 is 1.74. The minimum Gasteiger partial charge on any atom is -0.320 e. The first-order valence-corrected chi connectivity index (χ1v) is 5.29. The Bertz CT molecular complexity index is 390. The van der Waals surface area contributed by atoms with Crippen LogP contribution in [0.15, 0.2) is 24.5 Å². The average molecular weight is 207 g/mol. The number of nitrogens with zero attached hydrogens (tertiary/aromatic N) is 2. The molecule has 0 saturated carbocycles. The van der Waals surface area contributed by atoms with E-state index < -0.39 is 0 Å². The van der Waals surface area contributed by atoms with Crippen molar-refractivity contribution in [1.29, 1.82) is 0 Å². The summed E-state index contributed by atoms with van der Waals surface area (Å²) in [6.07, 6.45) is 3.78. The van der Waals surface area contributed by atoms with E-state index in [0.717, 1.165) is 5.56 Å². The van der Waals surface area contributed by atoms with Gasteiger partial charge in [0.2, 0.25) is 0 Å². The average Bonchev–Trinajstić information content (AvgIpc) is 2.73. The number of nitrogens with two attached hydrogens (primary N) is 1. The maximum absolute atomic E-state index is 6.10. The Morgan fingerprint density at radius 3 is 2.79 bits per heavy atom. The van der Waals surface area contributed by atoms with E-state index >= 15 is 0 Å². The molecule has 0 aliphatic heterocycles. The highest BCUT2D eigenvalue weighted by atomic mass is 32.1. The molecule has 3 nitrogen and oxygen atoms in total. The highest BCUT2D eigenvalue weighted by molar-refractivity contribution is 7.12. The van der Waals surface area contributed by atoms with Gasteiger partial charge in [0.15, 0.2) is 0 Å². The van der Waals surface area contributed by atoms with E-state index in [0.29, 0.717) is 0 Å². The summed E-state index contributed by atoms with van der Waals surface area (Å²) in [6.45, 7) is 2.09. The van der Waals surface area contributed by atoms with Crippen LogP contribution in [0.4, 0.5) is 0 Å². The van der Waals surface area contributed by atoms with E-state index in [-0.39, 0.29) is 6.04 Å². The Morgan fingerprint density at radius 1 is 1.50 bits per heavy atom. The second-order valence-corrected chi connectivity index (χ2v) is 4.69. The van der Waals surface area contributed by atoms with E-state index in [1.54, 1.807) is 16.0 Å². The molecular weight excluding hydrogens is 194 g/mol. The van der Waals surface area contributed by atoms with Gasteiger partial charge in [0.1, 0.15) is 0 Å². The topological polar surface area (TPSA) is 43.8 Å². The molecule has 0 saturated heterocycles. The molecular formula is C10H13N3S. The molecule has 74 valence electrons. The van der Waals surface area contributed by atoms with Crippen molar-refractivity contribution < 1.29 is 0 Å². The minimum atomic E-state index is -0.0394. The van der Waals surface area contributed by atoms with Crippen molar-refractivity contribution in [2.75, 3.05) is 0 Å². The summed E-state index contributed by atoms with van der Waals surface area (Å²) in [5.74, 6) is 0. The molecule has 2 aromatic heterocycles. The largest absolute Gasteiger partial charge is 0.320 e. The summed E-state index contributed by atoms with van der Waals surface area (Å²) in [7, 11) is 1.90. The standard InChI is InChI=1S/C10H13N3S/c1-7-3-4-9(14-7)10(11)8-5-12-13(2)6-8/h3-6,10H,11H2,1-2H3. The fourth-order valence-electron chi connectivity index (χ4n) is 1.39. The number of rotatable bonds is 2. The van der Waals surface area contributed by atoms with Crippen LogP contribution in [0.5, 0.6) is 0 Å². The Labute approximate surface area is 87.2 Å². The van der Waals surface area contributed by atoms with E-state index in [4.69, 9.17) is 5.73 Å². The molecule has 14 heavy (non-hydrogen) atoms. The highest BCUT2D eigenvalue weighted by Gasteiger charge is 2.11. The molecule has 0 aliphatic carbocycles. The molecule has 2 heterocycles. The van der Waals surface area contributed by atoms with Crippen LogP contribution in [0.25, 0.3) is 0 Å². The van der Waals surface area contributed by atoms with Gasteiger partial charge in [0, 0.05) is 28.6 Å². The zero-order chi connectivity index (χ0) is 10.1. The fourth-order valence-corrected chi connectivity index (χ4v) is 2.29. The molecule has 0 amide bonds. The molecule has 1 atom stereocenters. The van der Waals surface area contributed by atoms with E-state index in [2.05, 4.69) is 24.2 Å². The van der Waals surface area contributed by atoms with Crippen molar-refractivity contribution in [3.63, 3.8) is 0 Å². The fraction of sp³-hybridized carbons (Fsp3) is 0.300. The Balaban J connectivity index is 2.28. The Morgan fingerprint density at radius 2 is 2.29 bits per heavy atom. The summed E-state index contributed by atoms with van der Waals surface area (Å²) in [5.41, 5.74) is 7.16. The first-order chi connectivity index (χ1) is 6.66. The number of hydrogen-bond acceptors (Lipinski definition) is 3. The predicted octanol–water partition coefficient (Wildman–Crippen LogP) is 1.84. The second-order valence-electron chi connectivity index (χ2n) is 3.37. The lowest BCUT2D eigenvalue weighted by Gasteiger charge is -2.05. The van der Waals surface area contributed by atoms with Crippen molar-refractivity contribution >= 4 is 11.3 Å². The van der Waals surface area contributed by atoms with Crippen LogP contribution in [0, 0.1) is 6.92 Å². The molecule has 2 aromatic rings. The maximum Gasteiger partial charge on any atom is 0.0677 e. The van der Waals surface area contributed by atoms with E-state index in [9.17, 15) is 0 Å². The zero-order valence-electron chi connectivity index (χ0n) is 8.27. The van der Waals surface area contributed by atoms with Crippen molar-refractivity contribution in [2.45, 2.75) is 13.0 Å². The number of hydrogen-bond donors (Lipinski definition) is 1. The molecule has 1 unspecified atom stereocenters. The van der Waals surface area contributed by atoms with Crippen molar-refractivity contribution in [3.8, 4) is 0 Å². The van der Waals surface area contributed by atoms with E-state index in [1.807, 2.05) is 19.4 Å². The lowest BCUT2D eigenvalue weighted by Crippen LogP contribution is -2.09. The van der Waals surface area contributed by atoms with Crippen LogP contribution in [-0.2, 0) is 7.05 Å². The quantitative estimate of drug-likeness (QED) is 0.816. The van der Waals surface area contributed by atoms with Crippen LogP contribution in [0.1, 0.15) is 21.4 Å². The Kier molecular flexibility index (Phi) is 2.39. The molecule has 0 bridgehead atoms. The van der Waals surface area contributed by atoms with Gasteiger partial charge in [-0.3, -0.25) is 4.68 Å². The van der Waals surface area contributed by atoms with Crippen LogP contribution >= 0.6 is 11.3 Å². The lowest BCUT2D eigenvalue weighted by atomic mass is 10.1. The summed E-state index contributed by atoms with van der Waals surface area (Å²) in [5, 5.41) is 4.11. The molecule has 0 aromatic carbocycles. The minimum absolute atomic E-state index is 0.0394. The van der Waals surface area contributed by atoms with Crippen LogP contribution in [0.2, 0.25) is 0 Å². The summed E-state index contributed by atoms with van der Waals surface area (Å²) in [6, 6.07) is 4.14. The van der Waals surface area contributed by atoms with Gasteiger partial charge in [0.05, 0.1) is 12.2 Å². The highest BCUT2D eigenvalue weighted by Crippen LogP contribution is 2.25. The normalized spacial score (nSPS) is 13.1. The second kappa shape index (κ2) is 3.55. The van der Waals surface area contributed by atoms with Gasteiger partial charge in [-0.05, 0) is 19.1 Å². The van der Waals surface area contributed by atoms with Crippen LogP contribution in [-0.4, -0.2) is 9.78 Å². The van der Waals surface area contributed by atoms with Crippen molar-refractivity contribution in [1.82, 2.24) is 9.78 Å². The molecule has 2 N–H and O–H groups in total. The lowest BCUT2D eigenvalue weighted by molar-refractivity contribution is 0.765. The first kappa shape index (κ1) is 9.43. The van der Waals surface area contributed by atoms with E-state index in [1.165, 1.54) is 9.75 Å². The van der Waals surface area contributed by atoms with Crippen molar-refractivity contribution in [2.24, 2.45) is 12.8 Å². The number of thiophene rings is 1. The third-order valence-corrected chi connectivity index (χ3v) is 3.24. The van der Waals surface area contributed by atoms with Gasteiger partial charge >= 0.3 is 0 Å². The summed E-state index contributed by atoms with van der Waals surface area (Å²) in [4.78, 5) is 2.48. The number of aryl methyl sites for hydroxylation is 2. The van der Waals surface area contributed by atoms with Gasteiger partial charge in [-0.25, -0.2) is 0 Å². The van der Waals surface area contributed by atoms with Crippen LogP contribution in [0.3, 0.4) is 0 Å². The van der Waals surface area contributed by atoms with Gasteiger partial charge in [-0.1, -0.05) is 0 Å². The summed E-state index contributed by atoms with van der Waals surface area (Å²) < 4.78 is 1.77. The van der Waals surface area contributed by atoms with Crippen LogP contribution < -0.4 is 5.73 Å². The van der Waals surface area contributed by atoms with Gasteiger partial charge < -0.3 is 5.73 Å². The first-order valence-electron chi connectivity index (χ1n) is 4.47. The number of aromatic nitrogens is 2. The zero-order valence-corrected chi connectivity index (χ0v) is 9.08.